The summed E-state index contributed by atoms with van der Waals surface area (Å²) in [7, 11) is 0. The van der Waals surface area contributed by atoms with Crippen molar-refractivity contribution in [3.05, 3.63) is 58.4 Å². The molecule has 0 bridgehead atoms. The lowest BCUT2D eigenvalue weighted by atomic mass is 9.92. The van der Waals surface area contributed by atoms with Gasteiger partial charge in [0.1, 0.15) is 11.6 Å². The Morgan fingerprint density at radius 2 is 2.00 bits per heavy atom. The maximum absolute atomic E-state index is 13.6. The van der Waals surface area contributed by atoms with Crippen molar-refractivity contribution in [3.8, 4) is 0 Å². The van der Waals surface area contributed by atoms with Crippen molar-refractivity contribution in [3.63, 3.8) is 0 Å². The molecule has 0 amide bonds. The van der Waals surface area contributed by atoms with Crippen LogP contribution in [0.15, 0.2) is 30.6 Å². The van der Waals surface area contributed by atoms with E-state index in [1.807, 2.05) is 6.07 Å². The molecule has 114 valence electrons. The van der Waals surface area contributed by atoms with Gasteiger partial charge in [-0.25, -0.2) is 14.4 Å². The van der Waals surface area contributed by atoms with Crippen LogP contribution in [0.25, 0.3) is 0 Å². The zero-order chi connectivity index (χ0) is 15.7. The van der Waals surface area contributed by atoms with Crippen molar-refractivity contribution in [1.29, 1.82) is 0 Å². The molecule has 0 spiro atoms. The molecule has 6 heteroatoms. The van der Waals surface area contributed by atoms with Gasteiger partial charge in [-0.05, 0) is 30.5 Å². The van der Waals surface area contributed by atoms with E-state index in [2.05, 4.69) is 9.97 Å². The Bertz CT molecular complexity index is 714. The van der Waals surface area contributed by atoms with Gasteiger partial charge < -0.3 is 5.73 Å². The molecule has 0 unspecified atom stereocenters. The maximum atomic E-state index is 13.6. The van der Waals surface area contributed by atoms with Crippen LogP contribution in [0.1, 0.15) is 34.6 Å². The molecule has 1 aromatic carbocycles. The number of nitrogens with two attached hydrogens (primary N) is 1. The van der Waals surface area contributed by atoms with Crippen LogP contribution in [0.5, 0.6) is 0 Å². The van der Waals surface area contributed by atoms with Crippen LogP contribution in [-0.4, -0.2) is 22.3 Å². The summed E-state index contributed by atoms with van der Waals surface area (Å²) in [4.78, 5) is 19.9. The Kier molecular flexibility index (Phi) is 3.93. The first-order valence-corrected chi connectivity index (χ1v) is 7.42. The monoisotopic (exact) mass is 319 g/mol. The van der Waals surface area contributed by atoms with Crippen LogP contribution in [0.2, 0.25) is 5.02 Å². The fourth-order valence-corrected chi connectivity index (χ4v) is 2.67. The minimum atomic E-state index is -0.407. The van der Waals surface area contributed by atoms with E-state index in [-0.39, 0.29) is 22.8 Å². The third-order valence-corrected chi connectivity index (χ3v) is 4.40. The lowest BCUT2D eigenvalue weighted by Crippen LogP contribution is -2.16. The van der Waals surface area contributed by atoms with Crippen molar-refractivity contribution < 1.29 is 9.18 Å². The molecule has 1 fully saturated rings. The van der Waals surface area contributed by atoms with Gasteiger partial charge in [0.2, 0.25) is 0 Å². The van der Waals surface area contributed by atoms with Gasteiger partial charge in [0, 0.05) is 24.2 Å². The highest BCUT2D eigenvalue weighted by Crippen LogP contribution is 2.50. The number of carbonyl (C=O) groups excluding carboxylic acids is 1. The summed E-state index contributed by atoms with van der Waals surface area (Å²) < 4.78 is 13.6. The number of hydrogen-bond acceptors (Lipinski definition) is 4. The van der Waals surface area contributed by atoms with E-state index in [4.69, 9.17) is 17.3 Å². The van der Waals surface area contributed by atoms with E-state index in [9.17, 15) is 9.18 Å². The van der Waals surface area contributed by atoms with E-state index < -0.39 is 5.82 Å². The third kappa shape index (κ3) is 2.87. The van der Waals surface area contributed by atoms with E-state index in [1.165, 1.54) is 18.5 Å². The molecule has 0 radical (unpaired) electrons. The number of benzene rings is 1. The second kappa shape index (κ2) is 5.74. The summed E-state index contributed by atoms with van der Waals surface area (Å²) in [6, 6.07) is 4.92. The van der Waals surface area contributed by atoms with Gasteiger partial charge in [-0.2, -0.15) is 0 Å². The fraction of sp³-hybridized carbons (Fsp3) is 0.312. The number of Topliss-reactive ketones (excluding diaryl/α,β-unsaturated/α-hetero) is 1. The smallest absolute Gasteiger partial charge is 0.179 e. The average Bonchev–Trinajstić information content (AvgIpc) is 3.30. The predicted molar refractivity (Wildman–Crippen MR) is 81.4 cm³/mol. The van der Waals surface area contributed by atoms with Gasteiger partial charge in [0.25, 0.3) is 0 Å². The molecule has 0 atom stereocenters. The molecule has 2 N–H and O–H groups in total. The molecule has 1 saturated carbocycles. The summed E-state index contributed by atoms with van der Waals surface area (Å²) in [6.45, 7) is -0.0588. The summed E-state index contributed by atoms with van der Waals surface area (Å²) in [5.41, 5.74) is 6.51. The van der Waals surface area contributed by atoms with Crippen LogP contribution in [-0.2, 0) is 11.8 Å². The minimum Gasteiger partial charge on any atom is -0.324 e. The number of aromatic nitrogens is 2. The minimum absolute atomic E-state index is 0.0588. The van der Waals surface area contributed by atoms with E-state index >= 15 is 0 Å². The number of ketones is 1. The average molecular weight is 320 g/mol. The highest BCUT2D eigenvalue weighted by atomic mass is 35.5. The Hall–Kier alpha value is -1.85. The maximum Gasteiger partial charge on any atom is 0.179 e. The topological polar surface area (TPSA) is 68.9 Å². The van der Waals surface area contributed by atoms with Crippen LogP contribution in [0.3, 0.4) is 0 Å². The van der Waals surface area contributed by atoms with Gasteiger partial charge in [0.05, 0.1) is 17.1 Å². The normalized spacial score (nSPS) is 15.6. The molecule has 4 nitrogen and oxygen atoms in total. The number of carbonyl (C=O) groups is 1. The molecule has 1 heterocycles. The van der Waals surface area contributed by atoms with Crippen molar-refractivity contribution in [2.45, 2.75) is 24.7 Å². The number of halogens is 2. The fourth-order valence-electron chi connectivity index (χ4n) is 2.55. The molecule has 1 aliphatic carbocycles. The molecule has 22 heavy (non-hydrogen) atoms. The lowest BCUT2D eigenvalue weighted by Gasteiger charge is -2.15. The Balaban J connectivity index is 1.80. The Labute approximate surface area is 132 Å². The zero-order valence-corrected chi connectivity index (χ0v) is 12.6. The molecule has 2 aromatic rings. The van der Waals surface area contributed by atoms with E-state index in [0.717, 1.165) is 18.4 Å². The summed E-state index contributed by atoms with van der Waals surface area (Å²) in [5, 5.41) is 0.125. The second-order valence-electron chi connectivity index (χ2n) is 5.60. The first-order valence-electron chi connectivity index (χ1n) is 7.04. The zero-order valence-electron chi connectivity index (χ0n) is 11.9. The molecule has 3 rings (SSSR count). The molecular formula is C16H15ClFN3O. The van der Waals surface area contributed by atoms with E-state index in [1.54, 1.807) is 6.07 Å². The third-order valence-electron chi connectivity index (χ3n) is 4.09. The quantitative estimate of drug-likeness (QED) is 0.860. The summed E-state index contributed by atoms with van der Waals surface area (Å²) >= 11 is 5.73. The van der Waals surface area contributed by atoms with Crippen LogP contribution < -0.4 is 5.73 Å². The van der Waals surface area contributed by atoms with Crippen molar-refractivity contribution in [2.75, 3.05) is 6.54 Å². The number of rotatable bonds is 5. The molecule has 0 aliphatic heterocycles. The van der Waals surface area contributed by atoms with Crippen LogP contribution >= 0.6 is 11.6 Å². The molecule has 0 saturated heterocycles. The SMILES string of the molecule is NCC(=O)c1cnc(CC2(c3ccc(Cl)c(F)c3)CC2)nc1. The van der Waals surface area contributed by atoms with Crippen molar-refractivity contribution in [2.24, 2.45) is 5.73 Å². The van der Waals surface area contributed by atoms with Crippen LogP contribution in [0, 0.1) is 5.82 Å². The van der Waals surface area contributed by atoms with Crippen LogP contribution in [0.4, 0.5) is 4.39 Å². The first kappa shape index (κ1) is 15.1. The van der Waals surface area contributed by atoms with Crippen molar-refractivity contribution >= 4 is 17.4 Å². The number of nitrogens with zero attached hydrogens (tertiary/aromatic N) is 2. The second-order valence-corrected chi connectivity index (χ2v) is 6.01. The number of hydrogen-bond donors (Lipinski definition) is 1. The molecular weight excluding hydrogens is 305 g/mol. The highest BCUT2D eigenvalue weighted by Gasteiger charge is 2.45. The first-order chi connectivity index (χ1) is 10.5. The molecule has 1 aromatic heterocycles. The van der Waals surface area contributed by atoms with E-state index in [0.29, 0.717) is 17.8 Å². The Morgan fingerprint density at radius 1 is 1.32 bits per heavy atom. The molecule has 1 aliphatic rings. The van der Waals surface area contributed by atoms with Gasteiger partial charge in [-0.3, -0.25) is 4.79 Å². The van der Waals surface area contributed by atoms with Gasteiger partial charge in [-0.15, -0.1) is 0 Å². The van der Waals surface area contributed by atoms with Gasteiger partial charge >= 0.3 is 0 Å². The van der Waals surface area contributed by atoms with Gasteiger partial charge in [0.15, 0.2) is 5.78 Å². The largest absolute Gasteiger partial charge is 0.324 e. The Morgan fingerprint density at radius 3 is 2.55 bits per heavy atom. The lowest BCUT2D eigenvalue weighted by molar-refractivity contribution is 0.100. The van der Waals surface area contributed by atoms with Gasteiger partial charge in [-0.1, -0.05) is 17.7 Å². The highest BCUT2D eigenvalue weighted by molar-refractivity contribution is 6.30. The summed E-state index contributed by atoms with van der Waals surface area (Å²) in [6.07, 6.45) is 5.53. The van der Waals surface area contributed by atoms with Crippen molar-refractivity contribution in [1.82, 2.24) is 9.97 Å². The standard InChI is InChI=1S/C16H15ClFN3O/c17-12-2-1-11(5-13(12)18)16(3-4-16)6-15-20-8-10(9-21-15)14(22)7-19/h1-2,5,8-9H,3-4,6-7,19H2. The summed E-state index contributed by atoms with van der Waals surface area (Å²) in [5.74, 6) is 0.0455. The predicted octanol–water partition coefficient (Wildman–Crippen LogP) is 2.68.